The first-order chi connectivity index (χ1) is 11.6. The fourth-order valence-corrected chi connectivity index (χ4v) is 2.63. The molecule has 0 heterocycles. The number of carboxylic acid groups (broad SMARTS) is 1. The summed E-state index contributed by atoms with van der Waals surface area (Å²) in [5, 5.41) is 10.8. The van der Waals surface area contributed by atoms with E-state index in [1.807, 2.05) is 12.1 Å². The van der Waals surface area contributed by atoms with E-state index < -0.39 is 5.97 Å². The lowest BCUT2D eigenvalue weighted by Crippen LogP contribution is -2.21. The molecule has 2 aromatic carbocycles. The van der Waals surface area contributed by atoms with Crippen LogP contribution in [-0.2, 0) is 4.74 Å². The molecule has 0 amide bonds. The normalized spacial score (nSPS) is 12.1. The van der Waals surface area contributed by atoms with Gasteiger partial charge in [-0.2, -0.15) is 0 Å². The Hall–Kier alpha value is -2.13. The molecule has 128 valence electrons. The number of ether oxygens (including phenoxy) is 1. The first-order valence-electron chi connectivity index (χ1n) is 8.65. The molecule has 24 heavy (non-hydrogen) atoms. The van der Waals surface area contributed by atoms with E-state index in [1.165, 1.54) is 19.3 Å². The molecular weight excluding hydrogens is 300 g/mol. The molecule has 0 aliphatic carbocycles. The number of carboxylic acids is 1. The third kappa shape index (κ3) is 5.20. The molecule has 0 aromatic heterocycles. The highest BCUT2D eigenvalue weighted by molar-refractivity contribution is 5.86. The van der Waals surface area contributed by atoms with Crippen LogP contribution in [0.2, 0.25) is 0 Å². The van der Waals surface area contributed by atoms with Gasteiger partial charge in [0, 0.05) is 6.61 Å². The number of unbranched alkanes of at least 4 members (excludes halogenated alkanes) is 3. The minimum Gasteiger partial charge on any atom is -0.545 e. The summed E-state index contributed by atoms with van der Waals surface area (Å²) in [5.41, 5.74) is 3.39. The summed E-state index contributed by atoms with van der Waals surface area (Å²) in [6.45, 7) is 5.08. The first-order valence-corrected chi connectivity index (χ1v) is 8.65. The molecule has 0 fully saturated rings. The molecule has 0 saturated carbocycles. The number of hydrogen-bond donors (Lipinski definition) is 0. The van der Waals surface area contributed by atoms with Gasteiger partial charge in [0.1, 0.15) is 0 Å². The molecule has 1 unspecified atom stereocenters. The summed E-state index contributed by atoms with van der Waals surface area (Å²) in [5.74, 6) is -1.15. The summed E-state index contributed by atoms with van der Waals surface area (Å²) in [7, 11) is 0. The fraction of sp³-hybridized carbons (Fsp3) is 0.381. The molecule has 2 aromatic rings. The van der Waals surface area contributed by atoms with E-state index in [4.69, 9.17) is 4.74 Å². The van der Waals surface area contributed by atoms with Crippen LogP contribution >= 0.6 is 0 Å². The third-order valence-corrected chi connectivity index (χ3v) is 4.20. The van der Waals surface area contributed by atoms with Crippen LogP contribution in [0.25, 0.3) is 11.1 Å². The minimum atomic E-state index is -1.15. The van der Waals surface area contributed by atoms with E-state index in [0.29, 0.717) is 0 Å². The molecule has 0 spiro atoms. The van der Waals surface area contributed by atoms with Gasteiger partial charge in [-0.05, 0) is 35.6 Å². The van der Waals surface area contributed by atoms with Gasteiger partial charge in [0.15, 0.2) is 0 Å². The van der Waals surface area contributed by atoms with Gasteiger partial charge in [0.25, 0.3) is 0 Å². The van der Waals surface area contributed by atoms with E-state index in [0.717, 1.165) is 29.7 Å². The van der Waals surface area contributed by atoms with Crippen molar-refractivity contribution in [3.8, 4) is 11.1 Å². The quantitative estimate of drug-likeness (QED) is 0.643. The Morgan fingerprint density at radius 3 is 2.08 bits per heavy atom. The molecule has 0 aliphatic rings. The number of benzene rings is 2. The van der Waals surface area contributed by atoms with Crippen molar-refractivity contribution >= 4 is 5.97 Å². The van der Waals surface area contributed by atoms with Crippen molar-refractivity contribution in [1.82, 2.24) is 0 Å². The Morgan fingerprint density at radius 1 is 0.958 bits per heavy atom. The maximum Gasteiger partial charge on any atom is 0.0796 e. The van der Waals surface area contributed by atoms with Crippen LogP contribution in [0.4, 0.5) is 0 Å². The Morgan fingerprint density at radius 2 is 1.54 bits per heavy atom. The van der Waals surface area contributed by atoms with E-state index in [1.54, 1.807) is 24.3 Å². The molecule has 2 rings (SSSR count). The zero-order chi connectivity index (χ0) is 17.4. The number of rotatable bonds is 9. The molecule has 1 atom stereocenters. The molecule has 0 N–H and O–H groups in total. The molecule has 3 heteroatoms. The monoisotopic (exact) mass is 325 g/mol. The molecular formula is C21H25O3-. The average molecular weight is 325 g/mol. The van der Waals surface area contributed by atoms with Crippen molar-refractivity contribution in [1.29, 1.82) is 0 Å². The minimum absolute atomic E-state index is 0.0844. The SMILES string of the molecule is CCCCCCOC(C)c1ccc(-c2ccc(C(=O)[O-])cc2)cc1. The van der Waals surface area contributed by atoms with Crippen molar-refractivity contribution in [2.75, 3.05) is 6.61 Å². The Bertz CT molecular complexity index is 629. The Kier molecular flexibility index (Phi) is 7.01. The third-order valence-electron chi connectivity index (χ3n) is 4.20. The topological polar surface area (TPSA) is 49.4 Å². The van der Waals surface area contributed by atoms with Gasteiger partial charge in [0.05, 0.1) is 12.1 Å². The molecule has 3 nitrogen and oxygen atoms in total. The lowest BCUT2D eigenvalue weighted by Gasteiger charge is -2.14. The summed E-state index contributed by atoms with van der Waals surface area (Å²) in [6, 6.07) is 15.0. The van der Waals surface area contributed by atoms with Crippen molar-refractivity contribution in [2.45, 2.75) is 45.6 Å². The second-order valence-electron chi connectivity index (χ2n) is 6.06. The predicted octanol–water partition coefficient (Wildman–Crippen LogP) is 4.38. The van der Waals surface area contributed by atoms with E-state index in [9.17, 15) is 9.90 Å². The number of hydrogen-bond acceptors (Lipinski definition) is 3. The maximum atomic E-state index is 10.8. The highest BCUT2D eigenvalue weighted by Crippen LogP contribution is 2.24. The number of carbonyl (C=O) groups excluding carboxylic acids is 1. The van der Waals surface area contributed by atoms with Crippen molar-refractivity contribution in [3.05, 3.63) is 59.7 Å². The Labute approximate surface area is 144 Å². The summed E-state index contributed by atoms with van der Waals surface area (Å²) >= 11 is 0. The van der Waals surface area contributed by atoms with Gasteiger partial charge in [0.2, 0.25) is 0 Å². The van der Waals surface area contributed by atoms with Crippen molar-refractivity contribution in [3.63, 3.8) is 0 Å². The van der Waals surface area contributed by atoms with Crippen molar-refractivity contribution < 1.29 is 14.6 Å². The van der Waals surface area contributed by atoms with Gasteiger partial charge in [-0.15, -0.1) is 0 Å². The maximum absolute atomic E-state index is 10.8. The van der Waals surface area contributed by atoms with Crippen molar-refractivity contribution in [2.24, 2.45) is 0 Å². The summed E-state index contributed by atoms with van der Waals surface area (Å²) in [6.07, 6.45) is 4.93. The van der Waals surface area contributed by atoms with E-state index >= 15 is 0 Å². The smallest absolute Gasteiger partial charge is 0.0796 e. The van der Waals surface area contributed by atoms with Crippen LogP contribution in [0.5, 0.6) is 0 Å². The lowest BCUT2D eigenvalue weighted by molar-refractivity contribution is -0.255. The highest BCUT2D eigenvalue weighted by atomic mass is 16.5. The number of carbonyl (C=O) groups is 1. The van der Waals surface area contributed by atoms with Gasteiger partial charge in [-0.3, -0.25) is 0 Å². The molecule has 0 radical (unpaired) electrons. The predicted molar refractivity (Wildman–Crippen MR) is 94.7 cm³/mol. The number of aromatic carboxylic acids is 1. The fourth-order valence-electron chi connectivity index (χ4n) is 2.63. The first kappa shape index (κ1) is 18.2. The summed E-state index contributed by atoms with van der Waals surface area (Å²) < 4.78 is 5.89. The van der Waals surface area contributed by atoms with Crippen LogP contribution in [0.1, 0.15) is 61.6 Å². The second kappa shape index (κ2) is 9.24. The van der Waals surface area contributed by atoms with Gasteiger partial charge >= 0.3 is 0 Å². The van der Waals surface area contributed by atoms with Gasteiger partial charge in [-0.1, -0.05) is 74.7 Å². The van der Waals surface area contributed by atoms with Gasteiger partial charge in [-0.25, -0.2) is 0 Å². The standard InChI is InChI=1S/C21H26O3/c1-3-4-5-6-15-24-16(2)17-7-9-18(10-8-17)19-11-13-20(14-12-19)21(22)23/h7-14,16H,3-6,15H2,1-2H3,(H,22,23)/p-1. The van der Waals surface area contributed by atoms with E-state index in [2.05, 4.69) is 26.0 Å². The van der Waals surface area contributed by atoms with Crippen LogP contribution in [0.15, 0.2) is 48.5 Å². The average Bonchev–Trinajstić information content (AvgIpc) is 2.61. The molecule has 0 aliphatic heterocycles. The van der Waals surface area contributed by atoms with Gasteiger partial charge < -0.3 is 14.6 Å². The lowest BCUT2D eigenvalue weighted by atomic mass is 10.0. The zero-order valence-electron chi connectivity index (χ0n) is 14.5. The molecule has 0 bridgehead atoms. The van der Waals surface area contributed by atoms with Crippen LogP contribution in [0.3, 0.4) is 0 Å². The molecule has 0 saturated heterocycles. The largest absolute Gasteiger partial charge is 0.545 e. The van der Waals surface area contributed by atoms with Crippen LogP contribution in [0, 0.1) is 0 Å². The van der Waals surface area contributed by atoms with E-state index in [-0.39, 0.29) is 11.7 Å². The zero-order valence-corrected chi connectivity index (χ0v) is 14.5. The van der Waals surface area contributed by atoms with Crippen LogP contribution in [-0.4, -0.2) is 12.6 Å². The Balaban J connectivity index is 1.93. The van der Waals surface area contributed by atoms with Crippen LogP contribution < -0.4 is 5.11 Å². The highest BCUT2D eigenvalue weighted by Gasteiger charge is 2.06. The summed E-state index contributed by atoms with van der Waals surface area (Å²) in [4.78, 5) is 10.8. The second-order valence-corrected chi connectivity index (χ2v) is 6.06.